The molecule has 5 nitrogen and oxygen atoms in total. The van der Waals surface area contributed by atoms with Crippen molar-refractivity contribution in [3.63, 3.8) is 0 Å². The smallest absolute Gasteiger partial charge is 0.259 e. The number of allylic oxidation sites excluding steroid dienone is 1. The number of para-hydroxylation sites is 2. The number of methoxy groups -OCH3 is 1. The number of halogens is 1. The van der Waals surface area contributed by atoms with Crippen LogP contribution in [-0.2, 0) is 4.79 Å². The molecule has 2 heterocycles. The summed E-state index contributed by atoms with van der Waals surface area (Å²) in [5.41, 5.74) is 4.63. The second-order valence-electron chi connectivity index (χ2n) is 9.44. The minimum atomic E-state index is -0.548. The molecule has 0 spiro atoms. The Morgan fingerprint density at radius 3 is 2.45 bits per heavy atom. The maximum atomic E-state index is 14.2. The third-order valence-corrected chi connectivity index (χ3v) is 8.38. The fourth-order valence-corrected chi connectivity index (χ4v) is 6.32. The van der Waals surface area contributed by atoms with Crippen molar-refractivity contribution >= 4 is 46.0 Å². The summed E-state index contributed by atoms with van der Waals surface area (Å²) >= 11 is 7.67. The van der Waals surface area contributed by atoms with Crippen molar-refractivity contribution in [3.8, 4) is 5.75 Å². The molecule has 7 heteroatoms. The number of benzene rings is 3. The number of carbonyl (C=O) groups is 2. The van der Waals surface area contributed by atoms with Gasteiger partial charge in [-0.2, -0.15) is 0 Å². The zero-order chi connectivity index (χ0) is 26.2. The van der Waals surface area contributed by atoms with Gasteiger partial charge in [-0.25, -0.2) is 0 Å². The zero-order valence-corrected chi connectivity index (χ0v) is 22.3. The van der Waals surface area contributed by atoms with Crippen molar-refractivity contribution < 1.29 is 14.3 Å². The van der Waals surface area contributed by atoms with Crippen LogP contribution in [0.4, 0.5) is 11.4 Å². The van der Waals surface area contributed by atoms with E-state index in [1.165, 1.54) is 0 Å². The molecule has 0 saturated heterocycles. The zero-order valence-electron chi connectivity index (χ0n) is 20.7. The largest absolute Gasteiger partial charge is 0.497 e. The Hall–Kier alpha value is -3.87. The summed E-state index contributed by atoms with van der Waals surface area (Å²) in [6, 6.07) is 26.0. The molecule has 0 fully saturated rings. The Kier molecular flexibility index (Phi) is 6.52. The Balaban J connectivity index is 1.50. The number of hydrogen-bond donors (Lipinski definition) is 1. The monoisotopic (exact) mass is 540 g/mol. The third kappa shape index (κ3) is 4.40. The molecule has 2 aliphatic rings. The number of nitrogens with one attached hydrogen (secondary N) is 1. The van der Waals surface area contributed by atoms with E-state index in [0.717, 1.165) is 33.3 Å². The minimum absolute atomic E-state index is 0.0225. The highest BCUT2D eigenvalue weighted by Crippen LogP contribution is 2.48. The van der Waals surface area contributed by atoms with Crippen LogP contribution in [0.5, 0.6) is 5.75 Å². The number of rotatable bonds is 4. The molecule has 0 radical (unpaired) electrons. The van der Waals surface area contributed by atoms with Crippen LogP contribution < -0.4 is 15.0 Å². The molecule has 38 heavy (non-hydrogen) atoms. The molecule has 1 aliphatic carbocycles. The van der Waals surface area contributed by atoms with Crippen molar-refractivity contribution in [2.75, 3.05) is 17.3 Å². The van der Waals surface area contributed by atoms with Crippen LogP contribution in [0.1, 0.15) is 45.6 Å². The van der Waals surface area contributed by atoms with Crippen LogP contribution in [0.3, 0.4) is 0 Å². The molecular formula is C31H25ClN2O3S. The number of thiophene rings is 1. The summed E-state index contributed by atoms with van der Waals surface area (Å²) in [6.45, 7) is 0. The van der Waals surface area contributed by atoms with E-state index in [2.05, 4.69) is 5.32 Å². The molecule has 4 aromatic rings. The number of nitrogens with zero attached hydrogens (tertiary/aromatic N) is 1. The number of fused-ring (bicyclic) bond motifs is 1. The van der Waals surface area contributed by atoms with Gasteiger partial charge in [0.15, 0.2) is 5.78 Å². The standard InChI is InChI=1S/C31H25ClN2O3S/c1-37-23-14-10-19(11-15-23)21-17-25-29(27(35)18-21)30(28-7-4-16-38-28)34(26-6-3-2-5-24(26)33-25)31(36)20-8-12-22(32)13-9-20/h2-16,21,30,33H,17-18H2,1H3. The number of anilines is 2. The van der Waals surface area contributed by atoms with Gasteiger partial charge in [0.25, 0.3) is 5.91 Å². The highest BCUT2D eigenvalue weighted by atomic mass is 35.5. The van der Waals surface area contributed by atoms with E-state index in [-0.39, 0.29) is 17.6 Å². The maximum Gasteiger partial charge on any atom is 0.259 e. The number of hydrogen-bond acceptors (Lipinski definition) is 5. The number of ketones is 1. The molecule has 3 aromatic carbocycles. The first-order valence-electron chi connectivity index (χ1n) is 12.4. The molecule has 2 atom stereocenters. The van der Waals surface area contributed by atoms with Crippen LogP contribution in [0, 0.1) is 0 Å². The van der Waals surface area contributed by atoms with Gasteiger partial charge in [-0.15, -0.1) is 11.3 Å². The van der Waals surface area contributed by atoms with Crippen LogP contribution >= 0.6 is 22.9 Å². The molecule has 2 unspecified atom stereocenters. The minimum Gasteiger partial charge on any atom is -0.497 e. The first kappa shape index (κ1) is 24.5. The maximum absolute atomic E-state index is 14.2. The SMILES string of the molecule is COc1ccc(C2CC(=O)C3=C(C2)Nc2ccccc2N(C(=O)c2ccc(Cl)cc2)C3c2cccs2)cc1. The van der Waals surface area contributed by atoms with Crippen molar-refractivity contribution in [1.29, 1.82) is 0 Å². The molecule has 1 N–H and O–H groups in total. The van der Waals surface area contributed by atoms with Gasteiger partial charge >= 0.3 is 0 Å². The van der Waals surface area contributed by atoms with E-state index in [1.807, 2.05) is 66.0 Å². The lowest BCUT2D eigenvalue weighted by atomic mass is 9.79. The lowest BCUT2D eigenvalue weighted by Crippen LogP contribution is -2.38. The molecular weight excluding hydrogens is 516 g/mol. The van der Waals surface area contributed by atoms with Gasteiger partial charge in [0.05, 0.1) is 18.5 Å². The van der Waals surface area contributed by atoms with Gasteiger partial charge in [0, 0.05) is 33.2 Å². The van der Waals surface area contributed by atoms with Crippen molar-refractivity contribution in [1.82, 2.24) is 0 Å². The molecule has 0 saturated carbocycles. The van der Waals surface area contributed by atoms with Crippen LogP contribution in [0.25, 0.3) is 0 Å². The summed E-state index contributed by atoms with van der Waals surface area (Å²) in [6.07, 6.45) is 1.03. The second kappa shape index (κ2) is 10.1. The number of Topliss-reactive ketones (excluding diaryl/α,β-unsaturated/α-hetero) is 1. The van der Waals surface area contributed by atoms with E-state index in [1.54, 1.807) is 47.6 Å². The highest BCUT2D eigenvalue weighted by molar-refractivity contribution is 7.10. The van der Waals surface area contributed by atoms with E-state index >= 15 is 0 Å². The van der Waals surface area contributed by atoms with Crippen molar-refractivity contribution in [3.05, 3.63) is 123 Å². The lowest BCUT2D eigenvalue weighted by Gasteiger charge is -2.34. The van der Waals surface area contributed by atoms with Gasteiger partial charge < -0.3 is 10.1 Å². The van der Waals surface area contributed by atoms with E-state index < -0.39 is 6.04 Å². The van der Waals surface area contributed by atoms with Crippen LogP contribution in [0.2, 0.25) is 5.02 Å². The molecule has 0 bridgehead atoms. The second-order valence-corrected chi connectivity index (χ2v) is 10.9. The summed E-state index contributed by atoms with van der Waals surface area (Å²) in [4.78, 5) is 30.9. The first-order valence-corrected chi connectivity index (χ1v) is 13.7. The topological polar surface area (TPSA) is 58.6 Å². The van der Waals surface area contributed by atoms with Crippen LogP contribution in [0.15, 0.2) is 102 Å². The van der Waals surface area contributed by atoms with Gasteiger partial charge in [-0.1, -0.05) is 41.9 Å². The average molecular weight is 541 g/mol. The van der Waals surface area contributed by atoms with Gasteiger partial charge in [0.2, 0.25) is 0 Å². The fourth-order valence-electron chi connectivity index (χ4n) is 5.37. The van der Waals surface area contributed by atoms with Crippen molar-refractivity contribution in [2.24, 2.45) is 0 Å². The van der Waals surface area contributed by atoms with E-state index in [4.69, 9.17) is 16.3 Å². The third-order valence-electron chi connectivity index (χ3n) is 7.20. The number of carbonyl (C=O) groups excluding carboxylic acids is 2. The summed E-state index contributed by atoms with van der Waals surface area (Å²) in [5.74, 6) is 0.661. The first-order chi connectivity index (χ1) is 18.5. The predicted octanol–water partition coefficient (Wildman–Crippen LogP) is 7.62. The van der Waals surface area contributed by atoms with Gasteiger partial charge in [-0.05, 0) is 77.9 Å². The molecule has 6 rings (SSSR count). The quantitative estimate of drug-likeness (QED) is 0.289. The van der Waals surface area contributed by atoms with E-state index in [9.17, 15) is 9.59 Å². The molecule has 1 amide bonds. The Morgan fingerprint density at radius 2 is 1.74 bits per heavy atom. The van der Waals surface area contributed by atoms with Gasteiger partial charge in [-0.3, -0.25) is 14.5 Å². The van der Waals surface area contributed by atoms with Crippen LogP contribution in [-0.4, -0.2) is 18.8 Å². The normalized spacial score (nSPS) is 18.8. The van der Waals surface area contributed by atoms with Gasteiger partial charge in [0.1, 0.15) is 11.8 Å². The Bertz CT molecular complexity index is 1530. The molecule has 1 aromatic heterocycles. The summed E-state index contributed by atoms with van der Waals surface area (Å²) in [7, 11) is 1.64. The summed E-state index contributed by atoms with van der Waals surface area (Å²) < 4.78 is 5.32. The van der Waals surface area contributed by atoms with E-state index in [0.29, 0.717) is 29.0 Å². The highest BCUT2D eigenvalue weighted by Gasteiger charge is 2.42. The molecule has 190 valence electrons. The number of amides is 1. The average Bonchev–Trinajstić information content (AvgIpc) is 3.43. The van der Waals surface area contributed by atoms with Crippen molar-refractivity contribution in [2.45, 2.75) is 24.8 Å². The predicted molar refractivity (Wildman–Crippen MR) is 152 cm³/mol. The molecule has 1 aliphatic heterocycles. The fraction of sp³-hybridized carbons (Fsp3) is 0.161. The number of ether oxygens (including phenoxy) is 1. The summed E-state index contributed by atoms with van der Waals surface area (Å²) in [5, 5.41) is 6.12. The Morgan fingerprint density at radius 1 is 0.974 bits per heavy atom. The Labute approximate surface area is 230 Å². The lowest BCUT2D eigenvalue weighted by molar-refractivity contribution is -0.116.